The molecule has 0 saturated carbocycles. The van der Waals surface area contributed by atoms with Gasteiger partial charge in [-0.3, -0.25) is 4.98 Å². The van der Waals surface area contributed by atoms with Gasteiger partial charge in [-0.05, 0) is 54.7 Å². The second-order valence-corrected chi connectivity index (χ2v) is 9.83. The summed E-state index contributed by atoms with van der Waals surface area (Å²) in [5.41, 5.74) is 6.23. The number of rotatable bonds is 2. The van der Waals surface area contributed by atoms with Crippen LogP contribution in [0.1, 0.15) is 31.3 Å². The average Bonchev–Trinajstić information content (AvgIpc) is 3.19. The van der Waals surface area contributed by atoms with Crippen LogP contribution in [0, 0.1) is 12.3 Å². The summed E-state index contributed by atoms with van der Waals surface area (Å²) >= 11 is 1.70. The summed E-state index contributed by atoms with van der Waals surface area (Å²) in [5, 5.41) is 3.28. The molecule has 3 nitrogen and oxygen atoms in total. The fourth-order valence-corrected chi connectivity index (χ4v) is 4.73. The SMILES string of the molecule is Cc1nc2c(ccc3c4cccc(-c5cc(CC(C)(C)C)ccn5)c4oc32)s1. The van der Waals surface area contributed by atoms with Gasteiger partial charge in [0.2, 0.25) is 0 Å². The summed E-state index contributed by atoms with van der Waals surface area (Å²) in [5.74, 6) is 0. The Morgan fingerprint density at radius 1 is 1.00 bits per heavy atom. The lowest BCUT2D eigenvalue weighted by Gasteiger charge is -2.18. The molecule has 0 bridgehead atoms. The molecule has 0 aliphatic rings. The van der Waals surface area contributed by atoms with Crippen LogP contribution in [0.5, 0.6) is 0 Å². The van der Waals surface area contributed by atoms with Gasteiger partial charge in [-0.2, -0.15) is 0 Å². The van der Waals surface area contributed by atoms with Crippen LogP contribution in [-0.2, 0) is 6.42 Å². The smallest absolute Gasteiger partial charge is 0.162 e. The van der Waals surface area contributed by atoms with Crippen molar-refractivity contribution in [2.75, 3.05) is 0 Å². The first-order valence-electron chi connectivity index (χ1n) is 9.56. The molecule has 0 saturated heterocycles. The van der Waals surface area contributed by atoms with Gasteiger partial charge in [0.15, 0.2) is 5.58 Å². The standard InChI is InChI=1S/C24H22N2OS/c1-14-26-21-20(28-14)9-8-17-16-6-5-7-18(22(16)27-23(17)21)19-12-15(10-11-25-19)13-24(2,3)4/h5-12H,13H2,1-4H3. The zero-order chi connectivity index (χ0) is 19.5. The van der Waals surface area contributed by atoms with Crippen LogP contribution in [0.2, 0.25) is 0 Å². The van der Waals surface area contributed by atoms with Crippen LogP contribution in [0.15, 0.2) is 53.1 Å². The minimum Gasteiger partial charge on any atom is -0.453 e. The molecule has 3 aromatic heterocycles. The molecule has 5 aromatic rings. The molecule has 3 heterocycles. The van der Waals surface area contributed by atoms with Crippen molar-refractivity contribution < 1.29 is 4.42 Å². The zero-order valence-electron chi connectivity index (χ0n) is 16.5. The molecular weight excluding hydrogens is 364 g/mol. The van der Waals surface area contributed by atoms with Gasteiger partial charge in [-0.25, -0.2) is 4.98 Å². The quantitative estimate of drug-likeness (QED) is 0.323. The molecule has 0 spiro atoms. The van der Waals surface area contributed by atoms with Crippen molar-refractivity contribution in [3.8, 4) is 11.3 Å². The third-order valence-corrected chi connectivity index (χ3v) is 5.90. The molecule has 0 atom stereocenters. The van der Waals surface area contributed by atoms with Crippen molar-refractivity contribution in [2.45, 2.75) is 34.1 Å². The lowest BCUT2D eigenvalue weighted by Crippen LogP contribution is -2.09. The fraction of sp³-hybridized carbons (Fsp3) is 0.250. The molecule has 4 heteroatoms. The fourth-order valence-electron chi connectivity index (χ4n) is 3.90. The van der Waals surface area contributed by atoms with Crippen molar-refractivity contribution in [3.05, 3.63) is 59.2 Å². The monoisotopic (exact) mass is 386 g/mol. The largest absolute Gasteiger partial charge is 0.453 e. The van der Waals surface area contributed by atoms with Gasteiger partial charge in [0.1, 0.15) is 11.1 Å². The predicted molar refractivity (Wildman–Crippen MR) is 118 cm³/mol. The molecule has 140 valence electrons. The van der Waals surface area contributed by atoms with Crippen molar-refractivity contribution >= 4 is 43.5 Å². The maximum Gasteiger partial charge on any atom is 0.162 e. The van der Waals surface area contributed by atoms with Crippen molar-refractivity contribution in [2.24, 2.45) is 5.41 Å². The highest BCUT2D eigenvalue weighted by Crippen LogP contribution is 2.39. The number of nitrogens with zero attached hydrogens (tertiary/aromatic N) is 2. The van der Waals surface area contributed by atoms with E-state index >= 15 is 0 Å². The molecule has 0 aliphatic carbocycles. The van der Waals surface area contributed by atoms with Crippen LogP contribution < -0.4 is 0 Å². The Labute approximate surface area is 168 Å². The lowest BCUT2D eigenvalue weighted by molar-refractivity contribution is 0.411. The molecule has 5 rings (SSSR count). The summed E-state index contributed by atoms with van der Waals surface area (Å²) < 4.78 is 7.57. The van der Waals surface area contributed by atoms with Crippen LogP contribution >= 0.6 is 11.3 Å². The molecule has 0 fully saturated rings. The lowest BCUT2D eigenvalue weighted by atomic mass is 9.88. The van der Waals surface area contributed by atoms with Gasteiger partial charge in [0.25, 0.3) is 0 Å². The van der Waals surface area contributed by atoms with E-state index in [2.05, 4.69) is 68.2 Å². The van der Waals surface area contributed by atoms with E-state index in [0.29, 0.717) is 0 Å². The van der Waals surface area contributed by atoms with Gasteiger partial charge in [-0.15, -0.1) is 11.3 Å². The summed E-state index contributed by atoms with van der Waals surface area (Å²) in [6.07, 6.45) is 2.91. The number of fused-ring (bicyclic) bond motifs is 5. The molecule has 0 aliphatic heterocycles. The van der Waals surface area contributed by atoms with Crippen LogP contribution in [0.4, 0.5) is 0 Å². The highest BCUT2D eigenvalue weighted by atomic mass is 32.1. The van der Waals surface area contributed by atoms with Gasteiger partial charge in [-0.1, -0.05) is 32.9 Å². The topological polar surface area (TPSA) is 38.9 Å². The number of thiazole rings is 1. The Morgan fingerprint density at radius 3 is 2.64 bits per heavy atom. The average molecular weight is 387 g/mol. The van der Waals surface area contributed by atoms with E-state index in [9.17, 15) is 0 Å². The Hall–Kier alpha value is -2.72. The van der Waals surface area contributed by atoms with Crippen LogP contribution in [-0.4, -0.2) is 9.97 Å². The number of aromatic nitrogens is 2. The van der Waals surface area contributed by atoms with E-state index in [1.807, 2.05) is 13.1 Å². The minimum absolute atomic E-state index is 0.234. The zero-order valence-corrected chi connectivity index (χ0v) is 17.4. The maximum absolute atomic E-state index is 6.41. The summed E-state index contributed by atoms with van der Waals surface area (Å²) in [4.78, 5) is 9.36. The van der Waals surface area contributed by atoms with Gasteiger partial charge < -0.3 is 4.42 Å². The molecule has 2 aromatic carbocycles. The van der Waals surface area contributed by atoms with E-state index in [1.54, 1.807) is 11.3 Å². The number of hydrogen-bond donors (Lipinski definition) is 0. The second kappa shape index (κ2) is 6.14. The highest BCUT2D eigenvalue weighted by molar-refractivity contribution is 7.18. The Bertz CT molecular complexity index is 1340. The van der Waals surface area contributed by atoms with E-state index in [0.717, 1.165) is 54.8 Å². The van der Waals surface area contributed by atoms with Gasteiger partial charge in [0.05, 0.1) is 15.4 Å². The van der Waals surface area contributed by atoms with Gasteiger partial charge >= 0.3 is 0 Å². The van der Waals surface area contributed by atoms with Crippen molar-refractivity contribution in [3.63, 3.8) is 0 Å². The third-order valence-electron chi connectivity index (χ3n) is 4.97. The van der Waals surface area contributed by atoms with E-state index < -0.39 is 0 Å². The van der Waals surface area contributed by atoms with Crippen molar-refractivity contribution in [1.29, 1.82) is 0 Å². The van der Waals surface area contributed by atoms with Crippen LogP contribution in [0.25, 0.3) is 43.4 Å². The third kappa shape index (κ3) is 2.89. The first-order chi connectivity index (χ1) is 13.4. The normalized spacial score (nSPS) is 12.4. The van der Waals surface area contributed by atoms with E-state index in [4.69, 9.17) is 9.40 Å². The number of para-hydroxylation sites is 1. The summed E-state index contributed by atoms with van der Waals surface area (Å²) in [7, 11) is 0. The Morgan fingerprint density at radius 2 is 1.82 bits per heavy atom. The molecule has 0 unspecified atom stereocenters. The molecule has 0 radical (unpaired) electrons. The molecule has 28 heavy (non-hydrogen) atoms. The van der Waals surface area contributed by atoms with Crippen LogP contribution in [0.3, 0.4) is 0 Å². The maximum atomic E-state index is 6.41. The second-order valence-electron chi connectivity index (χ2n) is 8.59. The van der Waals surface area contributed by atoms with Crippen molar-refractivity contribution in [1.82, 2.24) is 9.97 Å². The summed E-state index contributed by atoms with van der Waals surface area (Å²) in [6, 6.07) is 14.9. The Balaban J connectivity index is 1.74. The number of pyridine rings is 1. The number of furan rings is 1. The van der Waals surface area contributed by atoms with Gasteiger partial charge in [0, 0.05) is 22.5 Å². The number of hydrogen-bond acceptors (Lipinski definition) is 4. The number of aryl methyl sites for hydroxylation is 1. The first kappa shape index (κ1) is 17.4. The molecule has 0 N–H and O–H groups in total. The predicted octanol–water partition coefficient (Wildman–Crippen LogP) is 7.15. The highest BCUT2D eigenvalue weighted by Gasteiger charge is 2.17. The Kier molecular flexibility index (Phi) is 3.81. The van der Waals surface area contributed by atoms with E-state index in [-0.39, 0.29) is 5.41 Å². The summed E-state index contributed by atoms with van der Waals surface area (Å²) in [6.45, 7) is 8.81. The first-order valence-corrected chi connectivity index (χ1v) is 10.4. The van der Waals surface area contributed by atoms with E-state index in [1.165, 1.54) is 5.56 Å². The molecular formula is C24H22N2OS. The minimum atomic E-state index is 0.234. The molecule has 0 amide bonds. The number of benzene rings is 2.